The molecule has 1 heterocycles. The van der Waals surface area contributed by atoms with Crippen molar-refractivity contribution in [3.05, 3.63) is 70.4 Å². The van der Waals surface area contributed by atoms with E-state index in [9.17, 15) is 10.1 Å². The van der Waals surface area contributed by atoms with Gasteiger partial charge in [0.2, 0.25) is 5.52 Å². The summed E-state index contributed by atoms with van der Waals surface area (Å²) in [4.78, 5) is 13.7. The average molecular weight is 362 g/mol. The van der Waals surface area contributed by atoms with Gasteiger partial charge in [0.1, 0.15) is 0 Å². The Bertz CT molecular complexity index is 1190. The number of nitrogens with two attached hydrogens (primary N) is 2. The van der Waals surface area contributed by atoms with Crippen LogP contribution in [0.5, 0.6) is 0 Å². The molecule has 0 radical (unpaired) electrons. The molecule has 0 saturated carbocycles. The molecule has 0 aliphatic rings. The Morgan fingerprint density at radius 2 is 1.70 bits per heavy atom. The van der Waals surface area contributed by atoms with Crippen molar-refractivity contribution < 1.29 is 15.4 Å². The van der Waals surface area contributed by atoms with Crippen LogP contribution in [0, 0.1) is 17.0 Å². The van der Waals surface area contributed by atoms with Crippen molar-refractivity contribution in [3.63, 3.8) is 0 Å². The van der Waals surface area contributed by atoms with E-state index in [2.05, 4.69) is 4.98 Å². The Kier molecular flexibility index (Phi) is 4.39. The van der Waals surface area contributed by atoms with E-state index in [-0.39, 0.29) is 11.2 Å². The van der Waals surface area contributed by atoms with Gasteiger partial charge in [0.05, 0.1) is 15.7 Å². The number of hydrogen-bond acceptors (Lipinski definition) is 5. The maximum absolute atomic E-state index is 10.9. The number of fused-ring (bicyclic) bond motifs is 3. The summed E-state index contributed by atoms with van der Waals surface area (Å²) in [5, 5.41) is 13.8. The van der Waals surface area contributed by atoms with E-state index in [1.807, 2.05) is 37.4 Å². The fourth-order valence-electron chi connectivity index (χ4n) is 3.43. The van der Waals surface area contributed by atoms with Crippen molar-refractivity contribution in [2.45, 2.75) is 6.92 Å². The van der Waals surface area contributed by atoms with Crippen molar-refractivity contribution in [3.8, 4) is 11.1 Å². The molecule has 0 spiro atoms. The number of hydrogen-bond donors (Lipinski definition) is 2. The molecule has 3 aromatic carbocycles. The number of nitro groups is 1. The van der Waals surface area contributed by atoms with Gasteiger partial charge in [0.15, 0.2) is 6.20 Å². The molecule has 4 aromatic rings. The monoisotopic (exact) mass is 362 g/mol. The van der Waals surface area contributed by atoms with Crippen LogP contribution in [0.1, 0.15) is 5.56 Å². The van der Waals surface area contributed by atoms with Gasteiger partial charge in [0.25, 0.3) is 5.69 Å². The lowest BCUT2D eigenvalue weighted by molar-refractivity contribution is -0.384. The lowest BCUT2D eigenvalue weighted by Gasteiger charge is -2.13. The second-order valence-electron chi connectivity index (χ2n) is 6.32. The molecule has 136 valence electrons. The fraction of sp³-hybridized carbons (Fsp3) is 0.0500. The molecule has 0 aliphatic heterocycles. The quantitative estimate of drug-likeness (QED) is 0.242. The number of aromatic amines is 1. The zero-order chi connectivity index (χ0) is 18.4. The number of H-pyrrole nitrogens is 1. The van der Waals surface area contributed by atoms with E-state index in [1.165, 1.54) is 12.1 Å². The van der Waals surface area contributed by atoms with Crippen LogP contribution in [-0.2, 0) is 0 Å². The van der Waals surface area contributed by atoms with Crippen LogP contribution in [-0.4, -0.2) is 10.4 Å². The molecule has 0 fully saturated rings. The second-order valence-corrected chi connectivity index (χ2v) is 6.32. The highest BCUT2D eigenvalue weighted by Crippen LogP contribution is 2.37. The standard InChI is InChI=1S/C20H16N4O2.H2O/c1-11-15(12-2-5-14(6-3-12)24(25)26)9-18(22)17-10-23-19-7-4-13(21)8-16(19)20(11)17;/h2-10H,21-22H2,1H3;1H2. The number of pyridine rings is 1. The van der Waals surface area contributed by atoms with Crippen molar-refractivity contribution in [1.82, 2.24) is 0 Å². The van der Waals surface area contributed by atoms with Gasteiger partial charge in [-0.25, -0.2) is 4.98 Å². The predicted octanol–water partition coefficient (Wildman–Crippen LogP) is 3.68. The Hall–Kier alpha value is -3.71. The largest absolute Gasteiger partial charge is 0.870 e. The van der Waals surface area contributed by atoms with Gasteiger partial charge < -0.3 is 16.9 Å². The molecular formula is C20H18N4O3. The number of nitrogens with zero attached hydrogens (tertiary/aromatic N) is 1. The van der Waals surface area contributed by atoms with E-state index in [1.54, 1.807) is 12.1 Å². The third kappa shape index (κ3) is 2.90. The van der Waals surface area contributed by atoms with Gasteiger partial charge >= 0.3 is 0 Å². The Morgan fingerprint density at radius 3 is 2.37 bits per heavy atom. The maximum atomic E-state index is 10.9. The number of non-ortho nitro benzene ring substituents is 1. The lowest BCUT2D eigenvalue weighted by atomic mass is 9.92. The van der Waals surface area contributed by atoms with E-state index >= 15 is 0 Å². The van der Waals surface area contributed by atoms with Crippen LogP contribution in [0.2, 0.25) is 0 Å². The SMILES string of the molecule is Cc1c(-c2ccc([N+](=O)[O-])cc2)cc(N)c2c[nH+]c3ccc(N)cc3c12.[OH-]. The molecule has 6 N–H and O–H groups in total. The molecule has 1 aromatic heterocycles. The summed E-state index contributed by atoms with van der Waals surface area (Å²) in [6.45, 7) is 2.03. The van der Waals surface area contributed by atoms with Gasteiger partial charge in [-0.2, -0.15) is 0 Å². The Labute approximate surface area is 154 Å². The fourth-order valence-corrected chi connectivity index (χ4v) is 3.43. The first-order chi connectivity index (χ1) is 12.5. The van der Waals surface area contributed by atoms with E-state index in [0.29, 0.717) is 11.4 Å². The average Bonchev–Trinajstić information content (AvgIpc) is 2.64. The molecule has 7 heteroatoms. The van der Waals surface area contributed by atoms with Gasteiger partial charge in [-0.1, -0.05) is 0 Å². The third-order valence-corrected chi connectivity index (χ3v) is 4.73. The van der Waals surface area contributed by atoms with Crippen LogP contribution >= 0.6 is 0 Å². The van der Waals surface area contributed by atoms with E-state index in [0.717, 1.165) is 38.4 Å². The van der Waals surface area contributed by atoms with E-state index in [4.69, 9.17) is 11.5 Å². The number of rotatable bonds is 2. The minimum atomic E-state index is -0.405. The molecule has 0 atom stereocenters. The molecule has 7 nitrogen and oxygen atoms in total. The molecule has 0 bridgehead atoms. The minimum Gasteiger partial charge on any atom is -0.870 e. The molecular weight excluding hydrogens is 344 g/mol. The molecule has 0 unspecified atom stereocenters. The van der Waals surface area contributed by atoms with E-state index < -0.39 is 4.92 Å². The normalized spacial score (nSPS) is 10.7. The van der Waals surface area contributed by atoms with Crippen LogP contribution in [0.4, 0.5) is 17.1 Å². The first-order valence-electron chi connectivity index (χ1n) is 8.13. The van der Waals surface area contributed by atoms with Crippen molar-refractivity contribution in [1.29, 1.82) is 0 Å². The highest BCUT2D eigenvalue weighted by molar-refractivity contribution is 6.12. The molecule has 0 aliphatic carbocycles. The number of aryl methyl sites for hydroxylation is 1. The molecule has 4 rings (SSSR count). The minimum absolute atomic E-state index is 0. The van der Waals surface area contributed by atoms with Crippen molar-refractivity contribution >= 4 is 38.7 Å². The molecule has 0 saturated heterocycles. The van der Waals surface area contributed by atoms with Crippen LogP contribution in [0.15, 0.2) is 54.7 Å². The van der Waals surface area contributed by atoms with Crippen LogP contribution in [0.3, 0.4) is 0 Å². The van der Waals surface area contributed by atoms with Gasteiger partial charge in [-0.15, -0.1) is 0 Å². The third-order valence-electron chi connectivity index (χ3n) is 4.73. The second kappa shape index (κ2) is 6.54. The Balaban J connectivity index is 0.00000210. The van der Waals surface area contributed by atoms with Gasteiger partial charge in [0, 0.05) is 35.0 Å². The number of nitrogens with one attached hydrogen (secondary N) is 1. The van der Waals surface area contributed by atoms with Crippen molar-refractivity contribution in [2.75, 3.05) is 11.5 Å². The molecule has 27 heavy (non-hydrogen) atoms. The zero-order valence-electron chi connectivity index (χ0n) is 14.6. The Morgan fingerprint density at radius 1 is 1.00 bits per heavy atom. The number of nitro benzene ring substituents is 1. The number of benzene rings is 3. The highest BCUT2D eigenvalue weighted by Gasteiger charge is 2.16. The molecule has 0 amide bonds. The van der Waals surface area contributed by atoms with Gasteiger partial charge in [-0.3, -0.25) is 10.1 Å². The summed E-state index contributed by atoms with van der Waals surface area (Å²) in [5.41, 5.74) is 17.5. The first-order valence-corrected chi connectivity index (χ1v) is 8.13. The predicted molar refractivity (Wildman–Crippen MR) is 106 cm³/mol. The highest BCUT2D eigenvalue weighted by atomic mass is 16.6. The maximum Gasteiger partial charge on any atom is 0.269 e. The number of aromatic nitrogens is 1. The summed E-state index contributed by atoms with van der Waals surface area (Å²) in [6.07, 6.45) is 1.90. The first kappa shape index (κ1) is 18.1. The topological polar surface area (TPSA) is 139 Å². The number of anilines is 2. The zero-order valence-corrected chi connectivity index (χ0v) is 14.6. The summed E-state index contributed by atoms with van der Waals surface area (Å²) < 4.78 is 0. The summed E-state index contributed by atoms with van der Waals surface area (Å²) in [6, 6.07) is 14.1. The van der Waals surface area contributed by atoms with Gasteiger partial charge in [-0.05, 0) is 53.9 Å². The number of nitrogen functional groups attached to an aromatic ring is 2. The van der Waals surface area contributed by atoms with Crippen LogP contribution in [0.25, 0.3) is 32.8 Å². The van der Waals surface area contributed by atoms with Crippen LogP contribution < -0.4 is 16.5 Å². The summed E-state index contributed by atoms with van der Waals surface area (Å²) in [7, 11) is 0. The lowest BCUT2D eigenvalue weighted by Crippen LogP contribution is -2.06. The smallest absolute Gasteiger partial charge is 0.269 e. The summed E-state index contributed by atoms with van der Waals surface area (Å²) >= 11 is 0. The summed E-state index contributed by atoms with van der Waals surface area (Å²) in [5.74, 6) is 0. The van der Waals surface area contributed by atoms with Crippen molar-refractivity contribution in [2.24, 2.45) is 0 Å².